The van der Waals surface area contributed by atoms with E-state index in [1.165, 1.54) is 10.6 Å². The van der Waals surface area contributed by atoms with Crippen molar-refractivity contribution in [3.63, 3.8) is 0 Å². The van der Waals surface area contributed by atoms with E-state index in [0.717, 1.165) is 5.56 Å². The molecule has 0 saturated carbocycles. The van der Waals surface area contributed by atoms with Crippen LogP contribution in [-0.4, -0.2) is 33.2 Å². The van der Waals surface area contributed by atoms with E-state index in [2.05, 4.69) is 10.3 Å². The highest BCUT2D eigenvalue weighted by Crippen LogP contribution is 1.97. The number of rotatable bonds is 6. The number of pyridine rings is 2. The molecule has 2 N–H and O–H groups in total. The summed E-state index contributed by atoms with van der Waals surface area (Å²) < 4.78 is 1.40. The Hall–Kier alpha value is -2.47. The molecule has 0 radical (unpaired) electrons. The number of nitrogens with zero attached hydrogens (tertiary/aromatic N) is 2. The van der Waals surface area contributed by atoms with Crippen LogP contribution in [0.3, 0.4) is 0 Å². The van der Waals surface area contributed by atoms with Gasteiger partial charge in [-0.3, -0.25) is 14.6 Å². The van der Waals surface area contributed by atoms with Gasteiger partial charge in [0.2, 0.25) is 5.91 Å². The zero-order chi connectivity index (χ0) is 15.1. The number of nitrogens with one attached hydrogen (secondary N) is 1. The normalized spacial score (nSPS) is 11.9. The summed E-state index contributed by atoms with van der Waals surface area (Å²) in [5.74, 6) is -0.192. The third-order valence-electron chi connectivity index (χ3n) is 2.93. The summed E-state index contributed by atoms with van der Waals surface area (Å²) in [7, 11) is 0. The van der Waals surface area contributed by atoms with E-state index in [1.54, 1.807) is 36.8 Å². The Bertz CT molecular complexity index is 640. The smallest absolute Gasteiger partial charge is 0.250 e. The van der Waals surface area contributed by atoms with E-state index in [-0.39, 0.29) is 31.0 Å². The minimum Gasteiger partial charge on any atom is -0.389 e. The SMILES string of the molecule is O=C(Cc1cccnc1)NCC(O)Cn1ccccc1=O. The molecule has 2 aromatic rings. The van der Waals surface area contributed by atoms with E-state index < -0.39 is 6.10 Å². The third-order valence-corrected chi connectivity index (χ3v) is 2.93. The fraction of sp³-hybridized carbons (Fsp3) is 0.267. The maximum atomic E-state index is 11.7. The van der Waals surface area contributed by atoms with Crippen molar-refractivity contribution >= 4 is 5.91 Å². The minimum atomic E-state index is -0.817. The molecule has 21 heavy (non-hydrogen) atoms. The number of carbonyl (C=O) groups excluding carboxylic acids is 1. The van der Waals surface area contributed by atoms with E-state index in [0.29, 0.717) is 0 Å². The maximum absolute atomic E-state index is 11.7. The van der Waals surface area contributed by atoms with Crippen LogP contribution in [0.1, 0.15) is 5.56 Å². The Morgan fingerprint density at radius 2 is 2.19 bits per heavy atom. The molecule has 6 heteroatoms. The standard InChI is InChI=1S/C15H17N3O3/c19-13(11-18-7-2-1-5-15(18)21)10-17-14(20)8-12-4-3-6-16-9-12/h1-7,9,13,19H,8,10-11H2,(H,17,20). The van der Waals surface area contributed by atoms with E-state index in [1.807, 2.05) is 6.07 Å². The summed E-state index contributed by atoms with van der Waals surface area (Å²) in [6.45, 7) is 0.243. The van der Waals surface area contributed by atoms with Crippen LogP contribution in [0, 0.1) is 0 Å². The molecule has 0 bridgehead atoms. The summed E-state index contributed by atoms with van der Waals surface area (Å²) >= 11 is 0. The molecule has 110 valence electrons. The van der Waals surface area contributed by atoms with Gasteiger partial charge in [-0.1, -0.05) is 12.1 Å². The van der Waals surface area contributed by atoms with Crippen molar-refractivity contribution in [2.75, 3.05) is 6.54 Å². The quantitative estimate of drug-likeness (QED) is 0.781. The molecule has 2 aromatic heterocycles. The van der Waals surface area contributed by atoms with Crippen molar-refractivity contribution in [3.05, 3.63) is 64.8 Å². The maximum Gasteiger partial charge on any atom is 0.250 e. The fourth-order valence-electron chi connectivity index (χ4n) is 1.89. The molecule has 6 nitrogen and oxygen atoms in total. The van der Waals surface area contributed by atoms with Crippen molar-refractivity contribution in [3.8, 4) is 0 Å². The lowest BCUT2D eigenvalue weighted by Gasteiger charge is -2.13. The number of aromatic nitrogens is 2. The van der Waals surface area contributed by atoms with Crippen LogP contribution in [-0.2, 0) is 17.8 Å². The molecule has 0 spiro atoms. The average Bonchev–Trinajstić information content (AvgIpc) is 2.49. The predicted octanol–water partition coefficient (Wildman–Crippen LogP) is -0.0369. The van der Waals surface area contributed by atoms with Crippen molar-refractivity contribution < 1.29 is 9.90 Å². The molecule has 1 amide bonds. The van der Waals surface area contributed by atoms with Crippen LogP contribution < -0.4 is 10.9 Å². The van der Waals surface area contributed by atoms with Gasteiger partial charge in [-0.2, -0.15) is 0 Å². The summed E-state index contributed by atoms with van der Waals surface area (Å²) in [6.07, 6.45) is 4.26. The van der Waals surface area contributed by atoms with Gasteiger partial charge < -0.3 is 15.0 Å². The third kappa shape index (κ3) is 4.85. The lowest BCUT2D eigenvalue weighted by molar-refractivity contribution is -0.120. The molecule has 0 aromatic carbocycles. The Morgan fingerprint density at radius 3 is 2.90 bits per heavy atom. The fourth-order valence-corrected chi connectivity index (χ4v) is 1.89. The Morgan fingerprint density at radius 1 is 1.33 bits per heavy atom. The number of hydrogen-bond donors (Lipinski definition) is 2. The lowest BCUT2D eigenvalue weighted by atomic mass is 10.2. The predicted molar refractivity (Wildman–Crippen MR) is 77.7 cm³/mol. The number of carbonyl (C=O) groups is 1. The van der Waals surface area contributed by atoms with Crippen LogP contribution in [0.15, 0.2) is 53.7 Å². The van der Waals surface area contributed by atoms with Gasteiger partial charge in [-0.25, -0.2) is 0 Å². The number of hydrogen-bond acceptors (Lipinski definition) is 4. The van der Waals surface area contributed by atoms with E-state index in [4.69, 9.17) is 0 Å². The van der Waals surface area contributed by atoms with Gasteiger partial charge in [-0.15, -0.1) is 0 Å². The zero-order valence-electron chi connectivity index (χ0n) is 11.5. The Balaban J connectivity index is 1.79. The molecule has 0 aliphatic rings. The molecule has 0 aliphatic heterocycles. The van der Waals surface area contributed by atoms with Crippen molar-refractivity contribution in [2.24, 2.45) is 0 Å². The highest BCUT2D eigenvalue weighted by atomic mass is 16.3. The molecular weight excluding hydrogens is 270 g/mol. The molecule has 1 atom stereocenters. The molecule has 2 rings (SSSR count). The molecule has 0 aliphatic carbocycles. The summed E-state index contributed by atoms with van der Waals surface area (Å²) in [5.41, 5.74) is 0.627. The van der Waals surface area contributed by atoms with Gasteiger partial charge in [-0.05, 0) is 17.7 Å². The van der Waals surface area contributed by atoms with Crippen molar-refractivity contribution in [1.29, 1.82) is 0 Å². The summed E-state index contributed by atoms with van der Waals surface area (Å²) in [5, 5.41) is 12.5. The van der Waals surface area contributed by atoms with Gasteiger partial charge in [0.15, 0.2) is 0 Å². The topological polar surface area (TPSA) is 84.2 Å². The molecule has 2 heterocycles. The molecule has 1 unspecified atom stereocenters. The van der Waals surface area contributed by atoms with E-state index >= 15 is 0 Å². The second kappa shape index (κ2) is 7.35. The number of amides is 1. The van der Waals surface area contributed by atoms with Crippen molar-refractivity contribution in [2.45, 2.75) is 19.1 Å². The monoisotopic (exact) mass is 287 g/mol. The lowest BCUT2D eigenvalue weighted by Crippen LogP contribution is -2.37. The molecule has 0 fully saturated rings. The van der Waals surface area contributed by atoms with Crippen LogP contribution in [0.5, 0.6) is 0 Å². The second-order valence-corrected chi connectivity index (χ2v) is 4.69. The van der Waals surface area contributed by atoms with Crippen LogP contribution >= 0.6 is 0 Å². The van der Waals surface area contributed by atoms with Crippen LogP contribution in [0.4, 0.5) is 0 Å². The highest BCUT2D eigenvalue weighted by Gasteiger charge is 2.09. The van der Waals surface area contributed by atoms with Gasteiger partial charge >= 0.3 is 0 Å². The van der Waals surface area contributed by atoms with E-state index in [9.17, 15) is 14.7 Å². The first-order valence-electron chi connectivity index (χ1n) is 6.64. The zero-order valence-corrected chi connectivity index (χ0v) is 11.5. The Labute approximate surface area is 122 Å². The van der Waals surface area contributed by atoms with Gasteiger partial charge in [0.25, 0.3) is 5.56 Å². The average molecular weight is 287 g/mol. The number of aliphatic hydroxyl groups excluding tert-OH is 1. The second-order valence-electron chi connectivity index (χ2n) is 4.69. The minimum absolute atomic E-state index is 0.0976. The summed E-state index contributed by atoms with van der Waals surface area (Å²) in [6, 6.07) is 8.36. The first-order valence-corrected chi connectivity index (χ1v) is 6.64. The number of aliphatic hydroxyl groups is 1. The van der Waals surface area contributed by atoms with Crippen LogP contribution in [0.2, 0.25) is 0 Å². The van der Waals surface area contributed by atoms with Gasteiger partial charge in [0, 0.05) is 31.2 Å². The first kappa shape index (κ1) is 14.9. The summed E-state index contributed by atoms with van der Waals surface area (Å²) in [4.78, 5) is 27.1. The van der Waals surface area contributed by atoms with Crippen LogP contribution in [0.25, 0.3) is 0 Å². The first-order chi connectivity index (χ1) is 10.1. The van der Waals surface area contributed by atoms with Crippen molar-refractivity contribution in [1.82, 2.24) is 14.9 Å². The van der Waals surface area contributed by atoms with Gasteiger partial charge in [0.05, 0.1) is 19.1 Å². The molecular formula is C15H17N3O3. The highest BCUT2D eigenvalue weighted by molar-refractivity contribution is 5.78. The Kier molecular flexibility index (Phi) is 5.22. The molecule has 0 saturated heterocycles. The van der Waals surface area contributed by atoms with Gasteiger partial charge in [0.1, 0.15) is 0 Å². The largest absolute Gasteiger partial charge is 0.389 e.